The Balaban J connectivity index is 1.46. The molecule has 1 saturated heterocycles. The molecule has 0 radical (unpaired) electrons. The number of benzene rings is 1. The van der Waals surface area contributed by atoms with Gasteiger partial charge in [0.05, 0.1) is 23.0 Å². The molecule has 0 amide bonds. The number of nitrogens with zero attached hydrogens (tertiary/aromatic N) is 5. The highest BCUT2D eigenvalue weighted by Gasteiger charge is 2.31. The van der Waals surface area contributed by atoms with Gasteiger partial charge in [-0.15, -0.1) is 0 Å². The molecule has 1 aromatic carbocycles. The van der Waals surface area contributed by atoms with E-state index in [0.717, 1.165) is 92.5 Å². The number of hydrogen-bond acceptors (Lipinski definition) is 6. The third kappa shape index (κ3) is 3.79. The molecule has 0 bridgehead atoms. The lowest BCUT2D eigenvalue weighted by Crippen LogP contribution is -2.29. The summed E-state index contributed by atoms with van der Waals surface area (Å²) < 4.78 is 22.6. The van der Waals surface area contributed by atoms with E-state index in [1.165, 1.54) is 16.8 Å². The average molecular weight is 481 g/mol. The van der Waals surface area contributed by atoms with E-state index < -0.39 is 10.8 Å². The fourth-order valence-corrected chi connectivity index (χ4v) is 6.43. The van der Waals surface area contributed by atoms with Gasteiger partial charge < -0.3 is 15.0 Å². The number of fused-ring (bicyclic) bond motifs is 2. The molecule has 1 N–H and O–H groups in total. The van der Waals surface area contributed by atoms with Gasteiger partial charge in [-0.1, -0.05) is 0 Å². The van der Waals surface area contributed by atoms with Gasteiger partial charge >= 0.3 is 0 Å². The molecule has 8 nitrogen and oxygen atoms in total. The van der Waals surface area contributed by atoms with Gasteiger partial charge in [0.15, 0.2) is 5.82 Å². The topological polar surface area (TPSA) is 77.2 Å². The first kappa shape index (κ1) is 22.0. The number of nitrogens with one attached hydrogen (secondary N) is 1. The normalized spacial score (nSPS) is 19.6. The molecule has 1 unspecified atom stereocenters. The zero-order valence-electron chi connectivity index (χ0n) is 19.9. The molecular formula is C25H32N6O2S. The van der Waals surface area contributed by atoms with E-state index in [1.54, 1.807) is 10.9 Å². The maximum atomic E-state index is 12.8. The molecular weight excluding hydrogens is 448 g/mol. The minimum Gasteiger partial charge on any atom is -0.381 e. The lowest BCUT2D eigenvalue weighted by atomic mass is 9.96. The second-order valence-corrected chi connectivity index (χ2v) is 10.9. The Morgan fingerprint density at radius 3 is 2.82 bits per heavy atom. The van der Waals surface area contributed by atoms with Crippen molar-refractivity contribution in [2.24, 2.45) is 7.05 Å². The lowest BCUT2D eigenvalue weighted by Gasteiger charge is -2.32. The monoisotopic (exact) mass is 480 g/mol. The molecule has 2 aromatic heterocycles. The molecule has 1 atom stereocenters. The van der Waals surface area contributed by atoms with Gasteiger partial charge in [-0.3, -0.25) is 13.6 Å². The van der Waals surface area contributed by atoms with Crippen molar-refractivity contribution < 1.29 is 8.95 Å². The third-order valence-corrected chi connectivity index (χ3v) is 8.31. The maximum absolute atomic E-state index is 12.8. The summed E-state index contributed by atoms with van der Waals surface area (Å²) in [7, 11) is 0.798. The molecule has 1 fully saturated rings. The molecule has 6 rings (SSSR count). The van der Waals surface area contributed by atoms with Crippen molar-refractivity contribution in [3.8, 4) is 11.1 Å². The molecule has 3 aromatic rings. The molecule has 180 valence electrons. The van der Waals surface area contributed by atoms with Crippen molar-refractivity contribution in [2.75, 3.05) is 37.5 Å². The van der Waals surface area contributed by atoms with Crippen LogP contribution in [0.2, 0.25) is 0 Å². The van der Waals surface area contributed by atoms with Gasteiger partial charge in [-0.25, -0.2) is 0 Å². The van der Waals surface area contributed by atoms with Crippen LogP contribution in [0.3, 0.4) is 0 Å². The summed E-state index contributed by atoms with van der Waals surface area (Å²) in [6.07, 6.45) is 10.7. The minimum absolute atomic E-state index is 0.408. The first-order chi connectivity index (χ1) is 16.6. The van der Waals surface area contributed by atoms with Crippen molar-refractivity contribution in [3.63, 3.8) is 0 Å². The van der Waals surface area contributed by atoms with Crippen LogP contribution in [-0.2, 0) is 42.0 Å². The first-order valence-electron chi connectivity index (χ1n) is 12.3. The van der Waals surface area contributed by atoms with Crippen LogP contribution in [0.15, 0.2) is 29.4 Å². The van der Waals surface area contributed by atoms with Crippen molar-refractivity contribution in [1.29, 1.82) is 0 Å². The minimum atomic E-state index is -1.12. The number of aryl methyl sites for hydroxylation is 2. The highest BCUT2D eigenvalue weighted by atomic mass is 32.2. The van der Waals surface area contributed by atoms with Crippen LogP contribution in [0, 0.1) is 0 Å². The molecule has 5 heterocycles. The van der Waals surface area contributed by atoms with Crippen LogP contribution in [0.4, 0.5) is 11.5 Å². The largest absolute Gasteiger partial charge is 0.381 e. The maximum Gasteiger partial charge on any atom is 0.159 e. The second kappa shape index (κ2) is 8.94. The number of aromatic nitrogens is 4. The van der Waals surface area contributed by atoms with Crippen LogP contribution in [0.1, 0.15) is 42.1 Å². The highest BCUT2D eigenvalue weighted by molar-refractivity contribution is 7.84. The van der Waals surface area contributed by atoms with E-state index in [9.17, 15) is 4.21 Å². The Morgan fingerprint density at radius 1 is 1.21 bits per heavy atom. The van der Waals surface area contributed by atoms with Crippen molar-refractivity contribution in [3.05, 3.63) is 41.3 Å². The number of anilines is 2. The quantitative estimate of drug-likeness (QED) is 0.618. The van der Waals surface area contributed by atoms with E-state index in [4.69, 9.17) is 9.84 Å². The van der Waals surface area contributed by atoms with Gasteiger partial charge in [0.25, 0.3) is 0 Å². The first-order valence-corrected chi connectivity index (χ1v) is 13.8. The number of ether oxygens (including phenoxy) is 1. The Labute approximate surface area is 202 Å². The zero-order chi connectivity index (χ0) is 23.2. The third-order valence-electron chi connectivity index (χ3n) is 7.36. The van der Waals surface area contributed by atoms with Gasteiger partial charge in [-0.05, 0) is 43.4 Å². The molecule has 3 aliphatic rings. The Hall–Kier alpha value is -2.49. The van der Waals surface area contributed by atoms with Gasteiger partial charge in [0.2, 0.25) is 0 Å². The van der Waals surface area contributed by atoms with Crippen molar-refractivity contribution in [1.82, 2.24) is 24.9 Å². The second-order valence-electron chi connectivity index (χ2n) is 9.55. The number of hydrogen-bond donors (Lipinski definition) is 1. The lowest BCUT2D eigenvalue weighted by molar-refractivity contribution is 0.0653. The molecule has 3 aliphatic heterocycles. The average Bonchev–Trinajstić information content (AvgIpc) is 3.47. The summed E-state index contributed by atoms with van der Waals surface area (Å²) >= 11 is 0. The van der Waals surface area contributed by atoms with E-state index in [-0.39, 0.29) is 0 Å². The highest BCUT2D eigenvalue weighted by Crippen LogP contribution is 2.41. The summed E-state index contributed by atoms with van der Waals surface area (Å²) in [6, 6.07) is 4.78. The van der Waals surface area contributed by atoms with Crippen LogP contribution < -0.4 is 10.2 Å². The smallest absolute Gasteiger partial charge is 0.159 e. The molecule has 0 spiro atoms. The molecule has 0 saturated carbocycles. The van der Waals surface area contributed by atoms with E-state index in [0.29, 0.717) is 6.04 Å². The summed E-state index contributed by atoms with van der Waals surface area (Å²) in [6.45, 7) is 4.38. The summed E-state index contributed by atoms with van der Waals surface area (Å²) in [5, 5.41) is 13.2. The molecule has 9 heteroatoms. The number of rotatable bonds is 4. The Bertz CT molecular complexity index is 1240. The van der Waals surface area contributed by atoms with Crippen molar-refractivity contribution >= 4 is 22.3 Å². The summed E-state index contributed by atoms with van der Waals surface area (Å²) in [5.74, 6) is 1.07. The van der Waals surface area contributed by atoms with Crippen LogP contribution in [-0.4, -0.2) is 56.3 Å². The molecule has 0 aliphatic carbocycles. The predicted octanol–water partition coefficient (Wildman–Crippen LogP) is 3.10. The predicted molar refractivity (Wildman–Crippen MR) is 133 cm³/mol. The summed E-state index contributed by atoms with van der Waals surface area (Å²) in [4.78, 5) is 3.23. The Morgan fingerprint density at radius 2 is 2.06 bits per heavy atom. The molecule has 34 heavy (non-hydrogen) atoms. The van der Waals surface area contributed by atoms with Gasteiger partial charge in [0.1, 0.15) is 0 Å². The van der Waals surface area contributed by atoms with E-state index >= 15 is 0 Å². The zero-order valence-corrected chi connectivity index (χ0v) is 20.7. The fourth-order valence-electron chi connectivity index (χ4n) is 5.66. The fraction of sp³-hybridized carbons (Fsp3) is 0.520. The standard InChI is InChI=1S/C25H32N6O2S/c1-29-16-18(14-27-29)20-12-17-4-3-9-30(23(17)13-24(20)34(2)32)25-21-15-26-8-5-22(21)31(28-25)19-6-10-33-11-7-19/h12-14,16,19,26H,3-11,15H2,1-2H3. The van der Waals surface area contributed by atoms with Crippen LogP contribution in [0.5, 0.6) is 0 Å². The van der Waals surface area contributed by atoms with Gasteiger partial charge in [-0.2, -0.15) is 10.2 Å². The Kier molecular flexibility index (Phi) is 5.79. The SMILES string of the molecule is Cn1cc(-c2cc3c(cc2S(C)=O)N(c2nn(C4CCOCC4)c4c2CNCC4)CCC3)cn1. The van der Waals surface area contributed by atoms with E-state index in [2.05, 4.69) is 32.1 Å². The van der Waals surface area contributed by atoms with Crippen LogP contribution >= 0.6 is 0 Å². The van der Waals surface area contributed by atoms with E-state index in [1.807, 2.05) is 19.4 Å². The van der Waals surface area contributed by atoms with Gasteiger partial charge in [0, 0.05) is 91.7 Å². The summed E-state index contributed by atoms with van der Waals surface area (Å²) in [5.41, 5.74) is 7.16. The van der Waals surface area contributed by atoms with Crippen LogP contribution in [0.25, 0.3) is 11.1 Å². The van der Waals surface area contributed by atoms with Crippen molar-refractivity contribution in [2.45, 2.75) is 49.6 Å².